The van der Waals surface area contributed by atoms with Gasteiger partial charge in [-0.3, -0.25) is 14.2 Å². The third-order valence-corrected chi connectivity index (χ3v) is 7.51. The number of benzene rings is 1. The molecule has 1 saturated carbocycles. The van der Waals surface area contributed by atoms with E-state index in [0.29, 0.717) is 47.7 Å². The van der Waals surface area contributed by atoms with E-state index in [-0.39, 0.29) is 17.2 Å². The smallest absolute Gasteiger partial charge is 0.264 e. The van der Waals surface area contributed by atoms with Crippen LogP contribution in [-0.2, 0) is 17.8 Å². The summed E-state index contributed by atoms with van der Waals surface area (Å²) in [6, 6.07) is 6.64. The molecule has 7 nitrogen and oxygen atoms in total. The molecule has 1 fully saturated rings. The molecule has 4 rings (SSSR count). The van der Waals surface area contributed by atoms with Crippen LogP contribution in [0.15, 0.2) is 34.2 Å². The number of hydrogen-bond acceptors (Lipinski definition) is 6. The summed E-state index contributed by atoms with van der Waals surface area (Å²) in [5, 5.41) is 14.1. The zero-order valence-electron chi connectivity index (χ0n) is 18.7. The number of unbranched alkanes of at least 4 members (excludes halogenated alkanes) is 2. The molecule has 1 aliphatic heterocycles. The van der Waals surface area contributed by atoms with Crippen LogP contribution in [0.3, 0.4) is 0 Å². The molecular formula is C24H32N4O3S. The number of hydrogen-bond donors (Lipinski definition) is 2. The average molecular weight is 457 g/mol. The minimum Gasteiger partial charge on any atom is -0.508 e. The van der Waals surface area contributed by atoms with Crippen LogP contribution < -0.4 is 10.9 Å². The van der Waals surface area contributed by atoms with Crippen molar-refractivity contribution in [2.75, 3.05) is 19.6 Å². The Hall–Kier alpha value is -2.32. The summed E-state index contributed by atoms with van der Waals surface area (Å²) in [5.41, 5.74) is 1.98. The maximum atomic E-state index is 13.6. The molecule has 2 N–H and O–H groups in total. The normalized spacial score (nSPS) is 16.0. The summed E-state index contributed by atoms with van der Waals surface area (Å²) in [4.78, 5) is 33.0. The van der Waals surface area contributed by atoms with Gasteiger partial charge in [0.1, 0.15) is 5.75 Å². The number of rotatable bonds is 9. The van der Waals surface area contributed by atoms with Gasteiger partial charge in [-0.2, -0.15) is 0 Å². The number of carbonyl (C=O) groups is 1. The zero-order chi connectivity index (χ0) is 22.5. The van der Waals surface area contributed by atoms with Crippen LogP contribution in [0.2, 0.25) is 0 Å². The predicted octanol–water partition coefficient (Wildman–Crippen LogP) is 3.25. The summed E-state index contributed by atoms with van der Waals surface area (Å²) in [6.45, 7) is 4.18. The Kier molecular flexibility index (Phi) is 7.52. The van der Waals surface area contributed by atoms with E-state index < -0.39 is 0 Å². The van der Waals surface area contributed by atoms with E-state index in [4.69, 9.17) is 4.98 Å². The number of phenolic OH excluding ortho intramolecular Hbond substituents is 1. The molecule has 32 heavy (non-hydrogen) atoms. The van der Waals surface area contributed by atoms with E-state index in [9.17, 15) is 14.7 Å². The van der Waals surface area contributed by atoms with Crippen LogP contribution in [0.5, 0.6) is 5.75 Å². The van der Waals surface area contributed by atoms with Gasteiger partial charge < -0.3 is 15.3 Å². The Morgan fingerprint density at radius 2 is 2.03 bits per heavy atom. The highest BCUT2D eigenvalue weighted by Crippen LogP contribution is 2.36. The third-order valence-electron chi connectivity index (χ3n) is 6.22. The monoisotopic (exact) mass is 456 g/mol. The molecule has 2 heterocycles. The van der Waals surface area contributed by atoms with Crippen LogP contribution >= 0.6 is 11.8 Å². The summed E-state index contributed by atoms with van der Waals surface area (Å²) >= 11 is 1.67. The number of aromatic hydroxyl groups is 1. The second-order valence-corrected chi connectivity index (χ2v) is 9.86. The number of aromatic nitrogens is 2. The second kappa shape index (κ2) is 10.5. The summed E-state index contributed by atoms with van der Waals surface area (Å²) < 4.78 is 1.65. The van der Waals surface area contributed by atoms with Crippen LogP contribution in [0.25, 0.3) is 5.69 Å². The zero-order valence-corrected chi connectivity index (χ0v) is 19.5. The van der Waals surface area contributed by atoms with Crippen LogP contribution in [0.1, 0.15) is 56.7 Å². The Bertz CT molecular complexity index is 1000. The molecule has 0 spiro atoms. The van der Waals surface area contributed by atoms with Gasteiger partial charge in [0, 0.05) is 18.2 Å². The molecule has 0 saturated heterocycles. The quantitative estimate of drug-likeness (QED) is 0.445. The molecule has 1 amide bonds. The van der Waals surface area contributed by atoms with Crippen molar-refractivity contribution in [1.29, 1.82) is 0 Å². The number of phenols is 1. The number of nitrogens with one attached hydrogen (secondary N) is 1. The van der Waals surface area contributed by atoms with E-state index >= 15 is 0 Å². The molecule has 8 heteroatoms. The van der Waals surface area contributed by atoms with Crippen molar-refractivity contribution in [2.45, 2.75) is 68.8 Å². The largest absolute Gasteiger partial charge is 0.508 e. The van der Waals surface area contributed by atoms with Crippen molar-refractivity contribution in [1.82, 2.24) is 19.8 Å². The minimum absolute atomic E-state index is 0.0238. The fourth-order valence-electron chi connectivity index (χ4n) is 4.02. The first-order valence-corrected chi connectivity index (χ1v) is 12.5. The highest BCUT2D eigenvalue weighted by atomic mass is 32.2. The molecule has 0 radical (unpaired) electrons. The van der Waals surface area contributed by atoms with Gasteiger partial charge in [0.25, 0.3) is 5.56 Å². The molecule has 0 atom stereocenters. The topological polar surface area (TPSA) is 87.5 Å². The second-order valence-electron chi connectivity index (χ2n) is 8.60. The van der Waals surface area contributed by atoms with Gasteiger partial charge in [-0.25, -0.2) is 4.98 Å². The maximum absolute atomic E-state index is 13.6. The molecule has 0 unspecified atom stereocenters. The molecule has 1 aliphatic carbocycles. The standard InChI is InChI=1S/C24H32N4O3S/c1-2-3-4-13-25-15-22(30)27-14-12-21-20(16-27)23(31)28(17-8-10-18(29)11-9-17)24(26-21)32-19-6-5-7-19/h8-11,19,25,29H,2-7,12-16H2,1H3. The molecule has 2 aromatic rings. The molecule has 172 valence electrons. The van der Waals surface area contributed by atoms with Crippen molar-refractivity contribution in [3.05, 3.63) is 45.9 Å². The first kappa shape index (κ1) is 22.9. The highest BCUT2D eigenvalue weighted by Gasteiger charge is 2.28. The van der Waals surface area contributed by atoms with Crippen LogP contribution in [0.4, 0.5) is 0 Å². The number of nitrogens with zero attached hydrogens (tertiary/aromatic N) is 3. The maximum Gasteiger partial charge on any atom is 0.264 e. The Labute approximate surface area is 193 Å². The van der Waals surface area contributed by atoms with Gasteiger partial charge in [0.15, 0.2) is 5.16 Å². The van der Waals surface area contributed by atoms with Crippen molar-refractivity contribution >= 4 is 17.7 Å². The van der Waals surface area contributed by atoms with E-state index in [1.165, 1.54) is 6.42 Å². The van der Waals surface area contributed by atoms with Gasteiger partial charge in [-0.05, 0) is 50.1 Å². The van der Waals surface area contributed by atoms with Crippen molar-refractivity contribution in [3.8, 4) is 11.4 Å². The fraction of sp³-hybridized carbons (Fsp3) is 0.542. The lowest BCUT2D eigenvalue weighted by atomic mass is 10.0. The van der Waals surface area contributed by atoms with Crippen molar-refractivity contribution in [3.63, 3.8) is 0 Å². The summed E-state index contributed by atoms with van der Waals surface area (Å²) in [6.07, 6.45) is 7.47. The Balaban J connectivity index is 1.57. The Morgan fingerprint density at radius 3 is 2.72 bits per heavy atom. The Morgan fingerprint density at radius 1 is 1.25 bits per heavy atom. The SMILES string of the molecule is CCCCCNCC(=O)N1CCc2nc(SC3CCC3)n(-c3ccc(O)cc3)c(=O)c2C1. The molecule has 0 bridgehead atoms. The van der Waals surface area contributed by atoms with Gasteiger partial charge >= 0.3 is 0 Å². The fourth-order valence-corrected chi connectivity index (χ4v) is 5.34. The van der Waals surface area contributed by atoms with Gasteiger partial charge in [-0.15, -0.1) is 0 Å². The molecule has 1 aromatic carbocycles. The number of amides is 1. The van der Waals surface area contributed by atoms with Crippen molar-refractivity contribution < 1.29 is 9.90 Å². The van der Waals surface area contributed by atoms with Crippen molar-refractivity contribution in [2.24, 2.45) is 0 Å². The van der Waals surface area contributed by atoms with Gasteiger partial charge in [0.2, 0.25) is 5.91 Å². The van der Waals surface area contributed by atoms with E-state index in [1.807, 2.05) is 0 Å². The first-order valence-electron chi connectivity index (χ1n) is 11.7. The summed E-state index contributed by atoms with van der Waals surface area (Å²) in [7, 11) is 0. The first-order chi connectivity index (χ1) is 15.6. The van der Waals surface area contributed by atoms with Gasteiger partial charge in [0.05, 0.1) is 30.0 Å². The average Bonchev–Trinajstić information content (AvgIpc) is 2.77. The lowest BCUT2D eigenvalue weighted by Gasteiger charge is -2.30. The molecule has 2 aliphatic rings. The summed E-state index contributed by atoms with van der Waals surface area (Å²) in [5.74, 6) is 0.180. The number of thioether (sulfide) groups is 1. The molecular weight excluding hydrogens is 424 g/mol. The predicted molar refractivity (Wildman–Crippen MR) is 127 cm³/mol. The lowest BCUT2D eigenvalue weighted by molar-refractivity contribution is -0.131. The van der Waals surface area contributed by atoms with Crippen LogP contribution in [-0.4, -0.2) is 50.3 Å². The van der Waals surface area contributed by atoms with Crippen LogP contribution in [0, 0.1) is 0 Å². The lowest BCUT2D eigenvalue weighted by Crippen LogP contribution is -2.44. The van der Waals surface area contributed by atoms with E-state index in [1.54, 1.807) is 45.5 Å². The molecule has 1 aromatic heterocycles. The van der Waals surface area contributed by atoms with E-state index in [2.05, 4.69) is 12.2 Å². The number of carbonyl (C=O) groups excluding carboxylic acids is 1. The number of fused-ring (bicyclic) bond motifs is 1. The van der Waals surface area contributed by atoms with E-state index in [0.717, 1.165) is 44.3 Å². The third kappa shape index (κ3) is 5.18. The van der Waals surface area contributed by atoms with Gasteiger partial charge in [-0.1, -0.05) is 37.9 Å². The minimum atomic E-state index is -0.115. The highest BCUT2D eigenvalue weighted by molar-refractivity contribution is 7.99.